The van der Waals surface area contributed by atoms with Crippen LogP contribution < -0.4 is 0 Å². The Labute approximate surface area is 68.4 Å². The standard InChI is InChI=1S/C8H16ClO/c1-8(9)6-4-2-3-5-7-10/h8H,2-7H2,1H3. The first-order valence-electron chi connectivity index (χ1n) is 3.99. The van der Waals surface area contributed by atoms with E-state index in [-0.39, 0.29) is 6.61 Å². The summed E-state index contributed by atoms with van der Waals surface area (Å²) in [5.74, 6) is 0. The van der Waals surface area contributed by atoms with Gasteiger partial charge in [-0.2, -0.15) is 0 Å². The molecular weight excluding hydrogens is 148 g/mol. The zero-order valence-electron chi connectivity index (χ0n) is 6.61. The van der Waals surface area contributed by atoms with E-state index in [1.807, 2.05) is 6.92 Å². The Kier molecular flexibility index (Phi) is 7.54. The first kappa shape index (κ1) is 10.2. The largest absolute Gasteiger partial charge is 0.237 e. The van der Waals surface area contributed by atoms with Crippen molar-refractivity contribution in [2.24, 2.45) is 0 Å². The molecule has 2 heteroatoms. The molecule has 10 heavy (non-hydrogen) atoms. The van der Waals surface area contributed by atoms with E-state index in [0.29, 0.717) is 5.38 Å². The second-order valence-electron chi connectivity index (χ2n) is 2.69. The minimum Gasteiger partial charge on any atom is -0.237 e. The molecule has 0 amide bonds. The average Bonchev–Trinajstić information content (AvgIpc) is 1.87. The normalized spacial score (nSPS) is 13.5. The fraction of sp³-hybridized carbons (Fsp3) is 1.00. The van der Waals surface area contributed by atoms with Crippen LogP contribution in [0.25, 0.3) is 0 Å². The van der Waals surface area contributed by atoms with Gasteiger partial charge in [0.2, 0.25) is 0 Å². The number of hydrogen-bond acceptors (Lipinski definition) is 0. The van der Waals surface area contributed by atoms with Gasteiger partial charge < -0.3 is 0 Å². The molecule has 0 saturated heterocycles. The lowest BCUT2D eigenvalue weighted by Crippen LogP contribution is -1.90. The van der Waals surface area contributed by atoms with Gasteiger partial charge in [0, 0.05) is 5.38 Å². The zero-order valence-corrected chi connectivity index (χ0v) is 7.36. The van der Waals surface area contributed by atoms with Crippen molar-refractivity contribution in [2.45, 2.75) is 44.4 Å². The van der Waals surface area contributed by atoms with Crippen LogP contribution in [0.3, 0.4) is 0 Å². The van der Waals surface area contributed by atoms with Crippen molar-refractivity contribution in [1.29, 1.82) is 0 Å². The summed E-state index contributed by atoms with van der Waals surface area (Å²) in [5, 5.41) is 10.3. The van der Waals surface area contributed by atoms with E-state index in [1.54, 1.807) is 0 Å². The molecule has 1 nitrogen and oxygen atoms in total. The molecule has 61 valence electrons. The highest BCUT2D eigenvalue weighted by atomic mass is 35.5. The molecule has 0 heterocycles. The summed E-state index contributed by atoms with van der Waals surface area (Å²) in [4.78, 5) is 0. The highest BCUT2D eigenvalue weighted by Crippen LogP contribution is 2.08. The van der Waals surface area contributed by atoms with Crippen molar-refractivity contribution in [3.8, 4) is 0 Å². The van der Waals surface area contributed by atoms with Crippen LogP contribution in [0.2, 0.25) is 0 Å². The van der Waals surface area contributed by atoms with E-state index in [1.165, 1.54) is 12.8 Å². The van der Waals surface area contributed by atoms with Crippen molar-refractivity contribution < 1.29 is 5.11 Å². The maximum Gasteiger partial charge on any atom is 0.0822 e. The lowest BCUT2D eigenvalue weighted by Gasteiger charge is -2.00. The minimum absolute atomic E-state index is 0.0798. The van der Waals surface area contributed by atoms with Crippen molar-refractivity contribution in [1.82, 2.24) is 0 Å². The Hall–Kier alpha value is 0.250. The summed E-state index contributed by atoms with van der Waals surface area (Å²) in [6.07, 6.45) is 5.33. The van der Waals surface area contributed by atoms with Gasteiger partial charge in [-0.3, -0.25) is 0 Å². The van der Waals surface area contributed by atoms with E-state index < -0.39 is 0 Å². The third kappa shape index (κ3) is 8.25. The maximum atomic E-state index is 10.0. The predicted molar refractivity (Wildman–Crippen MR) is 44.0 cm³/mol. The van der Waals surface area contributed by atoms with E-state index >= 15 is 0 Å². The predicted octanol–water partition coefficient (Wildman–Crippen LogP) is 2.99. The molecule has 1 unspecified atom stereocenters. The molecule has 0 aliphatic heterocycles. The van der Waals surface area contributed by atoms with Gasteiger partial charge >= 0.3 is 0 Å². The molecular formula is C8H16ClO. The molecule has 0 N–H and O–H groups in total. The summed E-state index contributed by atoms with van der Waals surface area (Å²) < 4.78 is 0. The van der Waals surface area contributed by atoms with E-state index in [9.17, 15) is 5.11 Å². The lowest BCUT2D eigenvalue weighted by molar-refractivity contribution is 0.186. The molecule has 0 bridgehead atoms. The molecule has 0 aliphatic carbocycles. The SMILES string of the molecule is CC(Cl)CCCCCC[O]. The van der Waals surface area contributed by atoms with Crippen LogP contribution >= 0.6 is 11.6 Å². The van der Waals surface area contributed by atoms with Crippen molar-refractivity contribution in [3.63, 3.8) is 0 Å². The summed E-state index contributed by atoms with van der Waals surface area (Å²) in [5.41, 5.74) is 0. The maximum absolute atomic E-state index is 10.0. The third-order valence-electron chi connectivity index (χ3n) is 1.50. The van der Waals surface area contributed by atoms with Crippen LogP contribution in [0, 0.1) is 0 Å². The summed E-state index contributed by atoms with van der Waals surface area (Å²) in [6.45, 7) is 2.09. The van der Waals surface area contributed by atoms with Crippen LogP contribution in [0.1, 0.15) is 39.0 Å². The molecule has 1 radical (unpaired) electrons. The number of unbranched alkanes of at least 4 members (excludes halogenated alkanes) is 3. The van der Waals surface area contributed by atoms with Crippen LogP contribution in [0.15, 0.2) is 0 Å². The van der Waals surface area contributed by atoms with Gasteiger partial charge in [0.25, 0.3) is 0 Å². The number of hydrogen-bond donors (Lipinski definition) is 0. The van der Waals surface area contributed by atoms with Crippen molar-refractivity contribution >= 4 is 11.6 Å². The number of rotatable bonds is 6. The fourth-order valence-corrected chi connectivity index (χ4v) is 1.04. The lowest BCUT2D eigenvalue weighted by atomic mass is 10.1. The van der Waals surface area contributed by atoms with Gasteiger partial charge in [-0.15, -0.1) is 11.6 Å². The van der Waals surface area contributed by atoms with Crippen LogP contribution in [-0.4, -0.2) is 12.0 Å². The summed E-state index contributed by atoms with van der Waals surface area (Å²) >= 11 is 5.73. The first-order chi connectivity index (χ1) is 4.77. The molecule has 0 fully saturated rings. The second-order valence-corrected chi connectivity index (χ2v) is 3.43. The van der Waals surface area contributed by atoms with E-state index in [0.717, 1.165) is 19.3 Å². The van der Waals surface area contributed by atoms with Gasteiger partial charge in [-0.1, -0.05) is 19.3 Å². The highest BCUT2D eigenvalue weighted by molar-refractivity contribution is 6.20. The minimum atomic E-state index is 0.0798. The monoisotopic (exact) mass is 163 g/mol. The van der Waals surface area contributed by atoms with Crippen LogP contribution in [0.4, 0.5) is 0 Å². The second kappa shape index (κ2) is 7.36. The highest BCUT2D eigenvalue weighted by Gasteiger charge is 1.94. The van der Waals surface area contributed by atoms with Crippen LogP contribution in [-0.2, 0) is 5.11 Å². The van der Waals surface area contributed by atoms with Gasteiger partial charge in [-0.05, 0) is 19.8 Å². The topological polar surface area (TPSA) is 19.9 Å². The molecule has 0 saturated carbocycles. The van der Waals surface area contributed by atoms with E-state index in [4.69, 9.17) is 11.6 Å². The zero-order chi connectivity index (χ0) is 7.82. The van der Waals surface area contributed by atoms with Crippen molar-refractivity contribution in [2.75, 3.05) is 6.61 Å². The third-order valence-corrected chi connectivity index (χ3v) is 1.71. The molecule has 0 aromatic heterocycles. The quantitative estimate of drug-likeness (QED) is 0.424. The Balaban J connectivity index is 2.77. The molecule has 0 rings (SSSR count). The average molecular weight is 164 g/mol. The summed E-state index contributed by atoms with van der Waals surface area (Å²) in [7, 11) is 0. The molecule has 1 atom stereocenters. The Morgan fingerprint density at radius 2 is 1.80 bits per heavy atom. The molecule has 0 aromatic rings. The Bertz CT molecular complexity index is 64.3. The van der Waals surface area contributed by atoms with Gasteiger partial charge in [-0.25, -0.2) is 5.11 Å². The van der Waals surface area contributed by atoms with E-state index in [2.05, 4.69) is 0 Å². The fourth-order valence-electron chi connectivity index (χ4n) is 0.881. The number of alkyl halides is 1. The number of halogens is 1. The first-order valence-corrected chi connectivity index (χ1v) is 4.43. The smallest absolute Gasteiger partial charge is 0.0822 e. The van der Waals surface area contributed by atoms with Crippen molar-refractivity contribution in [3.05, 3.63) is 0 Å². The Morgan fingerprint density at radius 3 is 2.30 bits per heavy atom. The Morgan fingerprint density at radius 1 is 1.20 bits per heavy atom. The van der Waals surface area contributed by atoms with Gasteiger partial charge in [0.1, 0.15) is 0 Å². The summed E-state index contributed by atoms with van der Waals surface area (Å²) in [6, 6.07) is 0. The van der Waals surface area contributed by atoms with Gasteiger partial charge in [0.05, 0.1) is 6.61 Å². The van der Waals surface area contributed by atoms with Crippen LogP contribution in [0.5, 0.6) is 0 Å². The molecule has 0 aromatic carbocycles. The molecule has 0 spiro atoms. The molecule has 0 aliphatic rings. The van der Waals surface area contributed by atoms with Gasteiger partial charge in [0.15, 0.2) is 0 Å².